The van der Waals surface area contributed by atoms with E-state index >= 15 is 0 Å². The molecule has 36 heavy (non-hydrogen) atoms. The summed E-state index contributed by atoms with van der Waals surface area (Å²) in [5, 5.41) is 5.69. The lowest BCUT2D eigenvalue weighted by Gasteiger charge is -2.11. The number of benzene rings is 3. The minimum Gasteiger partial charge on any atom is -0.436 e. The quantitative estimate of drug-likeness (QED) is 0.127. The Hall–Kier alpha value is -4.75. The predicted molar refractivity (Wildman–Crippen MR) is 140 cm³/mol. The van der Waals surface area contributed by atoms with Gasteiger partial charge in [-0.2, -0.15) is 0 Å². The molecular formula is C28H19ClN4O3. The molecule has 0 saturated carbocycles. The number of amides is 2. The summed E-state index contributed by atoms with van der Waals surface area (Å²) >= 11 is 6.17. The van der Waals surface area contributed by atoms with E-state index < -0.39 is 11.8 Å². The van der Waals surface area contributed by atoms with Gasteiger partial charge in [-0.3, -0.25) is 9.59 Å². The largest absolute Gasteiger partial charge is 0.436 e. The molecule has 2 N–H and O–H groups in total. The molecule has 0 bridgehead atoms. The minimum absolute atomic E-state index is 0.128. The fraction of sp³-hybridized carbons (Fsp3) is 0. The van der Waals surface area contributed by atoms with Crippen molar-refractivity contribution in [3.8, 4) is 11.5 Å². The van der Waals surface area contributed by atoms with Gasteiger partial charge in [-0.05, 0) is 60.7 Å². The van der Waals surface area contributed by atoms with Gasteiger partial charge in [-0.15, -0.1) is 0 Å². The van der Waals surface area contributed by atoms with Gasteiger partial charge in [0.25, 0.3) is 11.8 Å². The number of carbonyl (C=O) groups excluding carboxylic acids is 2. The number of fused-ring (bicyclic) bond motifs is 1. The number of hydrogen-bond acceptors (Lipinski definition) is 5. The van der Waals surface area contributed by atoms with E-state index in [0.717, 1.165) is 11.1 Å². The molecule has 0 unspecified atom stereocenters. The van der Waals surface area contributed by atoms with Crippen molar-refractivity contribution in [2.45, 2.75) is 0 Å². The fourth-order valence-electron chi connectivity index (χ4n) is 3.51. The van der Waals surface area contributed by atoms with E-state index in [1.807, 2.05) is 30.3 Å². The number of halogens is 1. The van der Waals surface area contributed by atoms with Crippen molar-refractivity contribution in [1.82, 2.24) is 9.97 Å². The van der Waals surface area contributed by atoms with Crippen LogP contribution in [-0.2, 0) is 9.59 Å². The predicted octanol–water partition coefficient (Wildman–Crippen LogP) is 6.20. The highest BCUT2D eigenvalue weighted by Crippen LogP contribution is 2.25. The van der Waals surface area contributed by atoms with Gasteiger partial charge in [0.1, 0.15) is 16.2 Å². The Morgan fingerprint density at radius 3 is 2.14 bits per heavy atom. The standard InChI is InChI=1S/C28H19ClN4O3/c29-25-19(7-6-16-30-25)17-22(26(34)31-20-8-2-1-3-9-20)27(35)32-21-14-12-18(13-15-21)28-33-23-10-4-5-11-24(23)36-28/h1-17H,(H,31,34)(H,32,35)/b22-17+. The zero-order chi connectivity index (χ0) is 24.9. The van der Waals surface area contributed by atoms with E-state index in [1.165, 1.54) is 12.3 Å². The Balaban J connectivity index is 1.39. The molecule has 0 spiro atoms. The van der Waals surface area contributed by atoms with Gasteiger partial charge in [-0.1, -0.05) is 48.0 Å². The topological polar surface area (TPSA) is 97.1 Å². The lowest BCUT2D eigenvalue weighted by molar-refractivity contribution is -0.118. The van der Waals surface area contributed by atoms with Crippen molar-refractivity contribution in [2.24, 2.45) is 0 Å². The fourth-order valence-corrected chi connectivity index (χ4v) is 3.68. The molecule has 2 heterocycles. The SMILES string of the molecule is O=C(Nc1ccccc1)/C(=C\c1cccnc1Cl)C(=O)Nc1ccc(-c2nc3ccccc3o2)cc1. The van der Waals surface area contributed by atoms with E-state index in [9.17, 15) is 9.59 Å². The zero-order valence-electron chi connectivity index (χ0n) is 18.8. The Bertz CT molecular complexity index is 1540. The molecular weight excluding hydrogens is 476 g/mol. The second-order valence-corrected chi connectivity index (χ2v) is 8.14. The van der Waals surface area contributed by atoms with Crippen LogP contribution in [0.3, 0.4) is 0 Å². The van der Waals surface area contributed by atoms with Gasteiger partial charge >= 0.3 is 0 Å². The summed E-state index contributed by atoms with van der Waals surface area (Å²) in [5.41, 5.74) is 3.58. The third-order valence-corrected chi connectivity index (χ3v) is 5.61. The highest BCUT2D eigenvalue weighted by Gasteiger charge is 2.20. The van der Waals surface area contributed by atoms with Gasteiger partial charge in [0.2, 0.25) is 5.89 Å². The first-order chi connectivity index (χ1) is 17.6. The summed E-state index contributed by atoms with van der Waals surface area (Å²) in [5.74, 6) is -0.706. The van der Waals surface area contributed by atoms with Crippen LogP contribution in [0.15, 0.2) is 107 Å². The Kier molecular flexibility index (Phi) is 6.55. The van der Waals surface area contributed by atoms with E-state index in [2.05, 4.69) is 20.6 Å². The molecule has 5 aromatic rings. The van der Waals surface area contributed by atoms with Crippen LogP contribution >= 0.6 is 11.6 Å². The highest BCUT2D eigenvalue weighted by atomic mass is 35.5. The van der Waals surface area contributed by atoms with Crippen LogP contribution in [0, 0.1) is 0 Å². The summed E-state index contributed by atoms with van der Waals surface area (Å²) in [7, 11) is 0. The van der Waals surface area contributed by atoms with Crippen LogP contribution < -0.4 is 10.6 Å². The van der Waals surface area contributed by atoms with E-state index in [-0.39, 0.29) is 10.7 Å². The average Bonchev–Trinajstić information content (AvgIpc) is 3.33. The number of hydrogen-bond donors (Lipinski definition) is 2. The monoisotopic (exact) mass is 494 g/mol. The van der Waals surface area contributed by atoms with Crippen LogP contribution in [0.1, 0.15) is 5.56 Å². The summed E-state index contributed by atoms with van der Waals surface area (Å²) in [6, 6.07) is 26.7. The second-order valence-electron chi connectivity index (χ2n) is 7.78. The Morgan fingerprint density at radius 2 is 1.44 bits per heavy atom. The van der Waals surface area contributed by atoms with E-state index in [0.29, 0.717) is 28.4 Å². The third kappa shape index (κ3) is 5.16. The first-order valence-electron chi connectivity index (χ1n) is 11.0. The van der Waals surface area contributed by atoms with E-state index in [4.69, 9.17) is 16.0 Å². The third-order valence-electron chi connectivity index (χ3n) is 5.29. The van der Waals surface area contributed by atoms with Crippen LogP contribution in [-0.4, -0.2) is 21.8 Å². The number of oxazole rings is 1. The number of para-hydroxylation sites is 3. The molecule has 0 radical (unpaired) electrons. The molecule has 176 valence electrons. The second kappa shape index (κ2) is 10.2. The first-order valence-corrected chi connectivity index (χ1v) is 11.4. The molecule has 3 aromatic carbocycles. The van der Waals surface area contributed by atoms with Gasteiger partial charge < -0.3 is 15.1 Å². The van der Waals surface area contributed by atoms with Crippen LogP contribution in [0.4, 0.5) is 11.4 Å². The van der Waals surface area contributed by atoms with Crippen LogP contribution in [0.2, 0.25) is 5.15 Å². The number of pyridine rings is 1. The van der Waals surface area contributed by atoms with Crippen molar-refractivity contribution in [2.75, 3.05) is 10.6 Å². The lowest BCUT2D eigenvalue weighted by Crippen LogP contribution is -2.25. The molecule has 0 saturated heterocycles. The maximum absolute atomic E-state index is 13.2. The molecule has 2 amide bonds. The number of rotatable bonds is 6. The number of aromatic nitrogens is 2. The molecule has 2 aromatic heterocycles. The molecule has 0 fully saturated rings. The minimum atomic E-state index is -0.599. The molecule has 5 rings (SSSR count). The number of nitrogens with one attached hydrogen (secondary N) is 2. The van der Waals surface area contributed by atoms with E-state index in [1.54, 1.807) is 60.7 Å². The van der Waals surface area contributed by atoms with Crippen molar-refractivity contribution in [3.05, 3.63) is 113 Å². The molecule has 0 aliphatic heterocycles. The molecule has 8 heteroatoms. The molecule has 0 aliphatic rings. The maximum Gasteiger partial charge on any atom is 0.261 e. The van der Waals surface area contributed by atoms with Crippen molar-refractivity contribution in [3.63, 3.8) is 0 Å². The highest BCUT2D eigenvalue weighted by molar-refractivity contribution is 6.32. The molecule has 0 aliphatic carbocycles. The molecule has 0 atom stereocenters. The van der Waals surface area contributed by atoms with Gasteiger partial charge in [0.15, 0.2) is 5.58 Å². The van der Waals surface area contributed by atoms with Crippen molar-refractivity contribution < 1.29 is 14.0 Å². The van der Waals surface area contributed by atoms with Gasteiger partial charge in [0, 0.05) is 28.7 Å². The summed E-state index contributed by atoms with van der Waals surface area (Å²) in [6.07, 6.45) is 2.94. The normalized spacial score (nSPS) is 11.3. The Labute approximate surface area is 211 Å². The molecule has 7 nitrogen and oxygen atoms in total. The number of carbonyl (C=O) groups is 2. The summed E-state index contributed by atoms with van der Waals surface area (Å²) < 4.78 is 5.80. The zero-order valence-corrected chi connectivity index (χ0v) is 19.6. The van der Waals surface area contributed by atoms with Crippen LogP contribution in [0.5, 0.6) is 0 Å². The summed E-state index contributed by atoms with van der Waals surface area (Å²) in [4.78, 5) is 34.8. The maximum atomic E-state index is 13.2. The number of nitrogens with zero attached hydrogens (tertiary/aromatic N) is 2. The van der Waals surface area contributed by atoms with Crippen molar-refractivity contribution in [1.29, 1.82) is 0 Å². The summed E-state index contributed by atoms with van der Waals surface area (Å²) in [6.45, 7) is 0. The van der Waals surface area contributed by atoms with Crippen molar-refractivity contribution >= 4 is 52.0 Å². The lowest BCUT2D eigenvalue weighted by atomic mass is 10.1. The number of anilines is 2. The first kappa shape index (κ1) is 23.0. The van der Waals surface area contributed by atoms with Gasteiger partial charge in [0.05, 0.1) is 0 Å². The van der Waals surface area contributed by atoms with Crippen LogP contribution in [0.25, 0.3) is 28.6 Å². The Morgan fingerprint density at radius 1 is 0.778 bits per heavy atom. The van der Waals surface area contributed by atoms with Gasteiger partial charge in [-0.25, -0.2) is 9.97 Å². The average molecular weight is 495 g/mol. The smallest absolute Gasteiger partial charge is 0.261 e.